The number of methoxy groups -OCH3 is 1. The highest BCUT2D eigenvalue weighted by molar-refractivity contribution is 6.30. The molecule has 1 atom stereocenters. The summed E-state index contributed by atoms with van der Waals surface area (Å²) in [6.07, 6.45) is 1.30. The lowest BCUT2D eigenvalue weighted by Crippen LogP contribution is -2.40. The molecule has 1 aliphatic heterocycles. The lowest BCUT2D eigenvalue weighted by molar-refractivity contribution is 0.0879. The largest absolute Gasteiger partial charge is 0.493 e. The Morgan fingerprint density at radius 2 is 1.96 bits per heavy atom. The second-order valence-corrected chi connectivity index (χ2v) is 7.67. The zero-order chi connectivity index (χ0) is 20.3. The lowest BCUT2D eigenvalue weighted by atomic mass is 9.91. The number of carbonyl (C=O) groups is 1. The summed E-state index contributed by atoms with van der Waals surface area (Å²) in [5.41, 5.74) is 1.90. The predicted octanol–water partition coefficient (Wildman–Crippen LogP) is 2.37. The number of benzene rings is 2. The van der Waals surface area contributed by atoms with Crippen LogP contribution in [0.15, 0.2) is 36.4 Å². The molecule has 0 aliphatic carbocycles. The Morgan fingerprint density at radius 1 is 1.29 bits per heavy atom. The first kappa shape index (κ1) is 20.5. The number of hydrogen-bond acceptors (Lipinski definition) is 5. The molecule has 0 saturated heterocycles. The topological polar surface area (TPSA) is 88.0 Å². The number of ether oxygens (including phenoxy) is 2. The van der Waals surface area contributed by atoms with Crippen LogP contribution in [-0.4, -0.2) is 48.1 Å². The van der Waals surface area contributed by atoms with Crippen LogP contribution in [-0.2, 0) is 12.8 Å². The summed E-state index contributed by atoms with van der Waals surface area (Å²) < 4.78 is 11.7. The molecule has 6 nitrogen and oxygen atoms in total. The minimum Gasteiger partial charge on any atom is -0.493 e. The number of nitrogens with one attached hydrogen (secondary N) is 1. The van der Waals surface area contributed by atoms with Crippen LogP contribution in [0.2, 0.25) is 5.02 Å². The fourth-order valence-electron chi connectivity index (χ4n) is 3.43. The van der Waals surface area contributed by atoms with Gasteiger partial charge in [0, 0.05) is 29.0 Å². The van der Waals surface area contributed by atoms with E-state index in [4.69, 9.17) is 21.1 Å². The molecule has 0 spiro atoms. The van der Waals surface area contributed by atoms with E-state index in [1.54, 1.807) is 12.1 Å². The van der Waals surface area contributed by atoms with Crippen LogP contribution < -0.4 is 14.8 Å². The summed E-state index contributed by atoms with van der Waals surface area (Å²) in [6.45, 7) is 1.34. The molecule has 0 radical (unpaired) electrons. The zero-order valence-corrected chi connectivity index (χ0v) is 16.6. The van der Waals surface area contributed by atoms with Gasteiger partial charge in [0.25, 0.3) is 5.91 Å². The molecule has 3 N–H and O–H groups in total. The Hall–Kier alpha value is -2.28. The van der Waals surface area contributed by atoms with Crippen LogP contribution in [0.4, 0.5) is 0 Å². The zero-order valence-electron chi connectivity index (χ0n) is 15.9. The van der Waals surface area contributed by atoms with E-state index in [1.165, 1.54) is 7.11 Å². The quantitative estimate of drug-likeness (QED) is 0.658. The maximum atomic E-state index is 12.5. The molecule has 0 fully saturated rings. The molecular weight excluding hydrogens is 382 g/mol. The van der Waals surface area contributed by atoms with Crippen molar-refractivity contribution in [3.05, 3.63) is 58.1 Å². The van der Waals surface area contributed by atoms with Gasteiger partial charge in [-0.2, -0.15) is 0 Å². The molecule has 1 amide bonds. The second-order valence-electron chi connectivity index (χ2n) is 7.23. The molecule has 0 aromatic heterocycles. The van der Waals surface area contributed by atoms with Gasteiger partial charge in [0.05, 0.1) is 26.4 Å². The fourth-order valence-corrected chi connectivity index (χ4v) is 3.55. The van der Waals surface area contributed by atoms with Gasteiger partial charge in [0.2, 0.25) is 0 Å². The minimum atomic E-state index is -0.710. The van der Waals surface area contributed by atoms with Crippen LogP contribution in [0.3, 0.4) is 0 Å². The highest BCUT2D eigenvalue weighted by Crippen LogP contribution is 2.44. The van der Waals surface area contributed by atoms with Crippen molar-refractivity contribution in [2.45, 2.75) is 31.4 Å². The number of rotatable bonds is 7. The van der Waals surface area contributed by atoms with Crippen LogP contribution in [0.25, 0.3) is 0 Å². The molecule has 2 aromatic carbocycles. The third-order valence-corrected chi connectivity index (χ3v) is 5.05. The summed E-state index contributed by atoms with van der Waals surface area (Å²) >= 11 is 5.96. The van der Waals surface area contributed by atoms with E-state index in [9.17, 15) is 15.0 Å². The minimum absolute atomic E-state index is 0.341. The SMILES string of the molecule is COc1cc(C(=O)NC(CO)CO)cc2c1OC(C)(Cc1ccc(Cl)cc1)C2. The second kappa shape index (κ2) is 8.39. The summed E-state index contributed by atoms with van der Waals surface area (Å²) in [5, 5.41) is 21.6. The average molecular weight is 406 g/mol. The van der Waals surface area contributed by atoms with Crippen LogP contribution in [0, 0.1) is 0 Å². The van der Waals surface area contributed by atoms with Crippen LogP contribution >= 0.6 is 11.6 Å². The molecule has 7 heteroatoms. The van der Waals surface area contributed by atoms with Crippen molar-refractivity contribution in [2.24, 2.45) is 0 Å². The van der Waals surface area contributed by atoms with Crippen molar-refractivity contribution >= 4 is 17.5 Å². The molecule has 2 aromatic rings. The molecule has 1 heterocycles. The molecule has 3 rings (SSSR count). The molecule has 150 valence electrons. The molecule has 1 aliphatic rings. The third-order valence-electron chi connectivity index (χ3n) is 4.79. The number of aliphatic hydroxyl groups is 2. The van der Waals surface area contributed by atoms with E-state index in [-0.39, 0.29) is 19.1 Å². The van der Waals surface area contributed by atoms with E-state index in [0.717, 1.165) is 11.1 Å². The average Bonchev–Trinajstić information content (AvgIpc) is 3.02. The Kier molecular flexibility index (Phi) is 6.13. The number of hydrogen-bond donors (Lipinski definition) is 3. The van der Waals surface area contributed by atoms with Gasteiger partial charge in [-0.3, -0.25) is 4.79 Å². The number of amides is 1. The first-order valence-corrected chi connectivity index (χ1v) is 9.42. The molecule has 0 saturated carbocycles. The molecule has 1 unspecified atom stereocenters. The van der Waals surface area contributed by atoms with Gasteiger partial charge in [-0.05, 0) is 36.8 Å². The number of carbonyl (C=O) groups excluding carboxylic acids is 1. The Labute approximate surface area is 169 Å². The van der Waals surface area contributed by atoms with Crippen molar-refractivity contribution < 1.29 is 24.5 Å². The van der Waals surface area contributed by atoms with Crippen molar-refractivity contribution in [1.82, 2.24) is 5.32 Å². The van der Waals surface area contributed by atoms with Gasteiger partial charge in [0.1, 0.15) is 5.60 Å². The Morgan fingerprint density at radius 3 is 2.57 bits per heavy atom. The lowest BCUT2D eigenvalue weighted by Gasteiger charge is -2.24. The normalized spacial score (nSPS) is 17.9. The van der Waals surface area contributed by atoms with E-state index in [0.29, 0.717) is 34.9 Å². The van der Waals surface area contributed by atoms with Crippen molar-refractivity contribution in [2.75, 3.05) is 20.3 Å². The molecule has 0 bridgehead atoms. The standard InChI is InChI=1S/C21H24ClNO5/c1-21(9-13-3-5-16(22)6-4-13)10-15-7-14(8-18(27-2)19(15)28-21)20(26)23-17(11-24)12-25/h3-8,17,24-25H,9-12H2,1-2H3,(H,23,26). The number of halogens is 1. The monoisotopic (exact) mass is 405 g/mol. The smallest absolute Gasteiger partial charge is 0.251 e. The van der Waals surface area contributed by atoms with Gasteiger partial charge >= 0.3 is 0 Å². The summed E-state index contributed by atoms with van der Waals surface area (Å²) in [6, 6.07) is 10.3. The van der Waals surface area contributed by atoms with Gasteiger partial charge in [0.15, 0.2) is 11.5 Å². The van der Waals surface area contributed by atoms with E-state index < -0.39 is 11.6 Å². The van der Waals surface area contributed by atoms with Crippen LogP contribution in [0.5, 0.6) is 11.5 Å². The first-order chi connectivity index (χ1) is 13.4. The van der Waals surface area contributed by atoms with Gasteiger partial charge < -0.3 is 25.0 Å². The molecule has 28 heavy (non-hydrogen) atoms. The first-order valence-electron chi connectivity index (χ1n) is 9.04. The van der Waals surface area contributed by atoms with E-state index in [2.05, 4.69) is 5.32 Å². The van der Waals surface area contributed by atoms with Gasteiger partial charge in [-0.25, -0.2) is 0 Å². The highest BCUT2D eigenvalue weighted by atomic mass is 35.5. The maximum absolute atomic E-state index is 12.5. The van der Waals surface area contributed by atoms with Crippen LogP contribution in [0.1, 0.15) is 28.4 Å². The maximum Gasteiger partial charge on any atom is 0.251 e. The summed E-state index contributed by atoms with van der Waals surface area (Å²) in [5.74, 6) is 0.726. The van der Waals surface area contributed by atoms with Gasteiger partial charge in [-0.15, -0.1) is 0 Å². The van der Waals surface area contributed by atoms with Gasteiger partial charge in [-0.1, -0.05) is 23.7 Å². The fraction of sp³-hybridized carbons (Fsp3) is 0.381. The summed E-state index contributed by atoms with van der Waals surface area (Å²) in [7, 11) is 1.53. The predicted molar refractivity (Wildman–Crippen MR) is 106 cm³/mol. The van der Waals surface area contributed by atoms with Crippen molar-refractivity contribution in [3.63, 3.8) is 0 Å². The molecular formula is C21H24ClNO5. The number of fused-ring (bicyclic) bond motifs is 1. The Balaban J connectivity index is 1.83. The van der Waals surface area contributed by atoms with E-state index in [1.807, 2.05) is 31.2 Å². The highest BCUT2D eigenvalue weighted by Gasteiger charge is 2.37. The summed E-state index contributed by atoms with van der Waals surface area (Å²) in [4.78, 5) is 12.5. The van der Waals surface area contributed by atoms with E-state index >= 15 is 0 Å². The van der Waals surface area contributed by atoms with Crippen molar-refractivity contribution in [1.29, 1.82) is 0 Å². The Bertz CT molecular complexity index is 851. The van der Waals surface area contributed by atoms with Crippen molar-refractivity contribution in [3.8, 4) is 11.5 Å². The number of aliphatic hydroxyl groups excluding tert-OH is 2. The third kappa shape index (κ3) is 4.41.